The van der Waals surface area contributed by atoms with Crippen molar-refractivity contribution in [2.24, 2.45) is 0 Å². The molecule has 1 aliphatic heterocycles. The zero-order valence-electron chi connectivity index (χ0n) is 20.6. The van der Waals surface area contributed by atoms with Gasteiger partial charge in [0.2, 0.25) is 5.78 Å². The van der Waals surface area contributed by atoms with Gasteiger partial charge in [-0.3, -0.25) is 4.79 Å². The van der Waals surface area contributed by atoms with Crippen LogP contribution in [0.5, 0.6) is 0 Å². The summed E-state index contributed by atoms with van der Waals surface area (Å²) in [7, 11) is -2.46. The van der Waals surface area contributed by atoms with Gasteiger partial charge in [-0.05, 0) is 88.5 Å². The summed E-state index contributed by atoms with van der Waals surface area (Å²) >= 11 is 0. The summed E-state index contributed by atoms with van der Waals surface area (Å²) in [5.41, 5.74) is 1.71. The van der Waals surface area contributed by atoms with Gasteiger partial charge >= 0.3 is 0 Å². The van der Waals surface area contributed by atoms with Crippen LogP contribution in [-0.2, 0) is 10.0 Å². The molecule has 1 saturated heterocycles. The number of hydrogen-bond acceptors (Lipinski definition) is 5. The monoisotopic (exact) mass is 497 g/mol. The fourth-order valence-electron chi connectivity index (χ4n) is 4.75. The first-order chi connectivity index (χ1) is 16.6. The minimum Gasteiger partial charge on any atom is -0.394 e. The van der Waals surface area contributed by atoms with Crippen LogP contribution in [0.15, 0.2) is 59.6 Å². The van der Waals surface area contributed by atoms with Crippen molar-refractivity contribution in [1.29, 1.82) is 0 Å². The van der Waals surface area contributed by atoms with Crippen LogP contribution in [0, 0.1) is 12.7 Å². The van der Waals surface area contributed by atoms with E-state index in [1.54, 1.807) is 25.2 Å². The summed E-state index contributed by atoms with van der Waals surface area (Å²) < 4.78 is 43.9. The van der Waals surface area contributed by atoms with E-state index < -0.39 is 15.8 Å². The molecule has 1 aliphatic rings. The van der Waals surface area contributed by atoms with Crippen LogP contribution >= 0.6 is 0 Å². The molecule has 6 nitrogen and oxygen atoms in total. The largest absolute Gasteiger partial charge is 0.394 e. The first-order valence-electron chi connectivity index (χ1n) is 11.9. The summed E-state index contributed by atoms with van der Waals surface area (Å²) in [4.78, 5) is 15.4. The quantitative estimate of drug-likeness (QED) is 0.374. The van der Waals surface area contributed by atoms with Crippen molar-refractivity contribution in [2.75, 3.05) is 20.1 Å². The average molecular weight is 498 g/mol. The third-order valence-corrected chi connectivity index (χ3v) is 8.53. The number of piperidine rings is 1. The number of aryl methyl sites for hydroxylation is 1. The highest BCUT2D eigenvalue weighted by Crippen LogP contribution is 2.35. The second-order valence-corrected chi connectivity index (χ2v) is 11.2. The summed E-state index contributed by atoms with van der Waals surface area (Å²) in [5.74, 6) is -0.864. The van der Waals surface area contributed by atoms with Crippen molar-refractivity contribution < 1.29 is 17.6 Å². The number of carbonyl (C=O) groups is 1. The SMILES string of the molecule is CN/C=C/C(=O)c1cc2cc(F)c(C3CCN(C(C)C)CC3)cc2n1S(=O)(=O)c1ccc(C)cc1. The number of fused-ring (bicyclic) bond motifs is 1. The lowest BCUT2D eigenvalue weighted by molar-refractivity contribution is 0.104. The number of rotatable bonds is 7. The van der Waals surface area contributed by atoms with Gasteiger partial charge < -0.3 is 10.2 Å². The third-order valence-electron chi connectivity index (χ3n) is 6.79. The zero-order valence-corrected chi connectivity index (χ0v) is 21.4. The Kier molecular flexibility index (Phi) is 7.15. The number of nitrogens with one attached hydrogen (secondary N) is 1. The molecule has 0 saturated carbocycles. The van der Waals surface area contributed by atoms with Crippen molar-refractivity contribution in [3.05, 3.63) is 77.4 Å². The fourth-order valence-corrected chi connectivity index (χ4v) is 6.26. The molecule has 1 aromatic heterocycles. The van der Waals surface area contributed by atoms with Gasteiger partial charge in [0, 0.05) is 30.8 Å². The van der Waals surface area contributed by atoms with E-state index in [0.29, 0.717) is 22.5 Å². The van der Waals surface area contributed by atoms with Gasteiger partial charge in [-0.1, -0.05) is 17.7 Å². The maximum absolute atomic E-state index is 15.3. The van der Waals surface area contributed by atoms with E-state index in [1.807, 2.05) is 6.92 Å². The summed E-state index contributed by atoms with van der Waals surface area (Å²) in [6, 6.07) is 11.4. The molecule has 1 fully saturated rings. The molecule has 35 heavy (non-hydrogen) atoms. The van der Waals surface area contributed by atoms with Crippen LogP contribution in [-0.4, -0.2) is 49.3 Å². The van der Waals surface area contributed by atoms with E-state index in [-0.39, 0.29) is 22.3 Å². The number of halogens is 1. The molecule has 0 aliphatic carbocycles. The smallest absolute Gasteiger partial charge is 0.268 e. The highest BCUT2D eigenvalue weighted by molar-refractivity contribution is 7.90. The fraction of sp³-hybridized carbons (Fsp3) is 0.370. The Morgan fingerprint density at radius 1 is 1.11 bits per heavy atom. The first-order valence-corrected chi connectivity index (χ1v) is 13.4. The predicted octanol–water partition coefficient (Wildman–Crippen LogP) is 4.83. The lowest BCUT2D eigenvalue weighted by Gasteiger charge is -2.34. The van der Waals surface area contributed by atoms with E-state index in [0.717, 1.165) is 35.5 Å². The van der Waals surface area contributed by atoms with Gasteiger partial charge in [0.15, 0.2) is 0 Å². The van der Waals surface area contributed by atoms with E-state index in [2.05, 4.69) is 24.1 Å². The molecule has 4 rings (SSSR count). The van der Waals surface area contributed by atoms with E-state index in [4.69, 9.17) is 0 Å². The van der Waals surface area contributed by atoms with Crippen LogP contribution in [0.25, 0.3) is 10.9 Å². The molecular weight excluding hydrogens is 465 g/mol. The molecule has 2 heterocycles. The molecule has 0 radical (unpaired) electrons. The maximum atomic E-state index is 15.3. The second kappa shape index (κ2) is 9.95. The Bertz CT molecular complexity index is 1370. The Labute approximate surface area is 206 Å². The normalized spacial score (nSPS) is 15.9. The highest BCUT2D eigenvalue weighted by atomic mass is 32.2. The molecule has 0 unspecified atom stereocenters. The van der Waals surface area contributed by atoms with E-state index >= 15 is 4.39 Å². The number of benzene rings is 2. The van der Waals surface area contributed by atoms with E-state index in [1.165, 1.54) is 36.5 Å². The molecule has 2 aromatic carbocycles. The Hall–Kier alpha value is -2.97. The van der Waals surface area contributed by atoms with Crippen molar-refractivity contribution in [3.63, 3.8) is 0 Å². The lowest BCUT2D eigenvalue weighted by atomic mass is 9.88. The topological polar surface area (TPSA) is 71.4 Å². The summed E-state index contributed by atoms with van der Waals surface area (Å²) in [5, 5.41) is 3.12. The molecule has 0 atom stereocenters. The number of carbonyl (C=O) groups excluding carboxylic acids is 1. The number of nitrogens with zero attached hydrogens (tertiary/aromatic N) is 2. The number of likely N-dealkylation sites (tertiary alicyclic amines) is 1. The van der Waals surface area contributed by atoms with Crippen LogP contribution in [0.4, 0.5) is 4.39 Å². The van der Waals surface area contributed by atoms with Crippen LogP contribution in [0.2, 0.25) is 0 Å². The summed E-state index contributed by atoms with van der Waals surface area (Å²) in [6.07, 6.45) is 4.30. The van der Waals surface area contributed by atoms with Gasteiger partial charge in [0.25, 0.3) is 10.0 Å². The molecule has 0 bridgehead atoms. The number of ketones is 1. The molecule has 0 amide bonds. The van der Waals surface area contributed by atoms with Crippen LogP contribution < -0.4 is 5.32 Å². The van der Waals surface area contributed by atoms with Crippen molar-refractivity contribution in [1.82, 2.24) is 14.2 Å². The predicted molar refractivity (Wildman–Crippen MR) is 137 cm³/mol. The third kappa shape index (κ3) is 4.90. The molecular formula is C27H32FN3O3S. The van der Waals surface area contributed by atoms with E-state index in [9.17, 15) is 13.2 Å². The van der Waals surface area contributed by atoms with Crippen molar-refractivity contribution in [3.8, 4) is 0 Å². The van der Waals surface area contributed by atoms with Crippen LogP contribution in [0.3, 0.4) is 0 Å². The Morgan fingerprint density at radius 2 is 1.77 bits per heavy atom. The number of allylic oxidation sites excluding steroid dienone is 1. The standard InChI is InChI=1S/C27H32FN3O3S/c1-18(2)30-13-10-20(11-14-30)23-17-25-21(15-24(23)28)16-26(27(32)9-12-29-4)31(25)35(33,34)22-7-5-19(3)6-8-22/h5-9,12,15-18,20,29H,10-11,13-14H2,1-4H3/b12-9+. The Balaban J connectivity index is 1.88. The first kappa shape index (κ1) is 25.1. The zero-order chi connectivity index (χ0) is 25.3. The molecule has 1 N–H and O–H groups in total. The minimum atomic E-state index is -4.11. The second-order valence-electron chi connectivity index (χ2n) is 9.43. The molecule has 186 valence electrons. The molecule has 3 aromatic rings. The number of aromatic nitrogens is 1. The van der Waals surface area contributed by atoms with Gasteiger partial charge in [-0.15, -0.1) is 0 Å². The van der Waals surface area contributed by atoms with Crippen molar-refractivity contribution >= 4 is 26.7 Å². The summed E-state index contributed by atoms with van der Waals surface area (Å²) in [6.45, 7) is 7.90. The van der Waals surface area contributed by atoms with Gasteiger partial charge in [0.05, 0.1) is 10.4 Å². The Morgan fingerprint density at radius 3 is 2.37 bits per heavy atom. The van der Waals surface area contributed by atoms with Crippen molar-refractivity contribution in [2.45, 2.75) is 50.5 Å². The number of hydrogen-bond donors (Lipinski definition) is 1. The molecule has 0 spiro atoms. The highest BCUT2D eigenvalue weighted by Gasteiger charge is 2.29. The van der Waals surface area contributed by atoms with Gasteiger partial charge in [-0.25, -0.2) is 16.8 Å². The molecule has 8 heteroatoms. The van der Waals surface area contributed by atoms with Gasteiger partial charge in [-0.2, -0.15) is 0 Å². The van der Waals surface area contributed by atoms with Gasteiger partial charge in [0.1, 0.15) is 11.5 Å². The maximum Gasteiger partial charge on any atom is 0.268 e. The lowest BCUT2D eigenvalue weighted by Crippen LogP contribution is -2.38. The minimum absolute atomic E-state index is 0.0110. The average Bonchev–Trinajstić information content (AvgIpc) is 3.21. The van der Waals surface area contributed by atoms with Crippen LogP contribution in [0.1, 0.15) is 54.2 Å².